The summed E-state index contributed by atoms with van der Waals surface area (Å²) in [5.74, 6) is 4.30. The first-order chi connectivity index (χ1) is 9.15. The van der Waals surface area contributed by atoms with E-state index < -0.39 is 11.8 Å². The van der Waals surface area contributed by atoms with Crippen LogP contribution in [0.25, 0.3) is 0 Å². The van der Waals surface area contributed by atoms with Crippen LogP contribution in [0.15, 0.2) is 0 Å². The van der Waals surface area contributed by atoms with Crippen LogP contribution in [0.3, 0.4) is 0 Å². The molecule has 1 aromatic heterocycles. The molecule has 104 valence electrons. The van der Waals surface area contributed by atoms with Gasteiger partial charge >= 0.3 is 11.8 Å². The van der Waals surface area contributed by atoms with Gasteiger partial charge in [-0.2, -0.15) is 0 Å². The normalized spacial score (nSPS) is 16.1. The molecule has 0 saturated carbocycles. The van der Waals surface area contributed by atoms with Gasteiger partial charge in [-0.3, -0.25) is 15.0 Å². The predicted molar refractivity (Wildman–Crippen MR) is 70.0 cm³/mol. The maximum atomic E-state index is 11.9. The fourth-order valence-corrected chi connectivity index (χ4v) is 2.55. The Labute approximate surface area is 114 Å². The zero-order valence-corrected chi connectivity index (χ0v) is 11.4. The Bertz CT molecular complexity index is 476. The molecule has 1 saturated heterocycles. The highest BCUT2D eigenvalue weighted by Crippen LogP contribution is 2.17. The molecule has 3 N–H and O–H groups in total. The molecule has 8 nitrogen and oxygen atoms in total. The summed E-state index contributed by atoms with van der Waals surface area (Å²) in [6, 6.07) is 0. The lowest BCUT2D eigenvalue weighted by atomic mass is 10.2. The fraction of sp³-hybridized carbons (Fsp3) is 0.600. The lowest BCUT2D eigenvalue weighted by Gasteiger charge is -2.33. The third-order valence-corrected chi connectivity index (χ3v) is 3.65. The van der Waals surface area contributed by atoms with Gasteiger partial charge in [0.05, 0.1) is 6.54 Å². The van der Waals surface area contributed by atoms with E-state index in [9.17, 15) is 9.59 Å². The van der Waals surface area contributed by atoms with Crippen LogP contribution in [0.4, 0.5) is 5.13 Å². The average molecular weight is 284 g/mol. The summed E-state index contributed by atoms with van der Waals surface area (Å²) in [5, 5.41) is 8.83. The molecule has 0 unspecified atom stereocenters. The number of anilines is 1. The third-order valence-electron chi connectivity index (χ3n) is 2.81. The summed E-state index contributed by atoms with van der Waals surface area (Å²) in [6.45, 7) is 3.99. The van der Waals surface area contributed by atoms with Crippen LogP contribution in [-0.4, -0.2) is 51.4 Å². The molecule has 19 heavy (non-hydrogen) atoms. The number of rotatable bonds is 5. The number of carbonyl (C=O) groups is 2. The lowest BCUT2D eigenvalue weighted by Crippen LogP contribution is -2.53. The molecule has 2 heterocycles. The molecule has 0 atom stereocenters. The standard InChI is InChI=1S/C10H16N6O2S/c1-2-3-15-4-5-16(9(18)8(15)17)6-7-13-14-10(12-11)19-7/h2-6,11H2,1H3,(H,12,14). The summed E-state index contributed by atoms with van der Waals surface area (Å²) < 4.78 is 0. The molecular formula is C10H16N6O2S. The van der Waals surface area contributed by atoms with Crippen LogP contribution in [0.2, 0.25) is 0 Å². The van der Waals surface area contributed by atoms with Gasteiger partial charge in [-0.1, -0.05) is 18.3 Å². The Balaban J connectivity index is 1.99. The van der Waals surface area contributed by atoms with Gasteiger partial charge in [0.25, 0.3) is 0 Å². The molecule has 0 bridgehead atoms. The highest BCUT2D eigenvalue weighted by molar-refractivity contribution is 7.15. The smallest absolute Gasteiger partial charge is 0.312 e. The van der Waals surface area contributed by atoms with Crippen LogP contribution in [0.1, 0.15) is 18.4 Å². The number of nitrogens with two attached hydrogens (primary N) is 1. The van der Waals surface area contributed by atoms with E-state index in [2.05, 4.69) is 15.6 Å². The third kappa shape index (κ3) is 2.99. The minimum absolute atomic E-state index is 0.296. The number of piperazine rings is 1. The summed E-state index contributed by atoms with van der Waals surface area (Å²) in [4.78, 5) is 26.9. The Morgan fingerprint density at radius 1 is 1.26 bits per heavy atom. The van der Waals surface area contributed by atoms with Crippen molar-refractivity contribution in [2.24, 2.45) is 5.84 Å². The maximum Gasteiger partial charge on any atom is 0.312 e. The van der Waals surface area contributed by atoms with Crippen LogP contribution >= 0.6 is 11.3 Å². The van der Waals surface area contributed by atoms with Gasteiger partial charge in [-0.15, -0.1) is 10.2 Å². The number of amides is 2. The summed E-state index contributed by atoms with van der Waals surface area (Å²) in [6.07, 6.45) is 0.848. The Kier molecular flexibility index (Phi) is 4.27. The highest BCUT2D eigenvalue weighted by Gasteiger charge is 2.32. The van der Waals surface area contributed by atoms with Crippen molar-refractivity contribution in [3.8, 4) is 0 Å². The summed E-state index contributed by atoms with van der Waals surface area (Å²) in [7, 11) is 0. The van der Waals surface area contributed by atoms with Crippen LogP contribution in [0.5, 0.6) is 0 Å². The number of hydrogen-bond donors (Lipinski definition) is 2. The van der Waals surface area contributed by atoms with Gasteiger partial charge in [0.15, 0.2) is 0 Å². The van der Waals surface area contributed by atoms with Crippen molar-refractivity contribution in [3.05, 3.63) is 5.01 Å². The zero-order valence-electron chi connectivity index (χ0n) is 10.6. The Morgan fingerprint density at radius 3 is 2.58 bits per heavy atom. The molecule has 2 amide bonds. The number of nitrogens with one attached hydrogen (secondary N) is 1. The number of aromatic nitrogens is 2. The molecule has 2 rings (SSSR count). The summed E-state index contributed by atoms with van der Waals surface area (Å²) >= 11 is 1.26. The minimum atomic E-state index is -0.475. The van der Waals surface area contributed by atoms with Crippen LogP contribution in [0, 0.1) is 0 Å². The second kappa shape index (κ2) is 5.93. The molecule has 0 spiro atoms. The van der Waals surface area contributed by atoms with Crippen molar-refractivity contribution in [1.29, 1.82) is 0 Å². The fourth-order valence-electron chi connectivity index (χ4n) is 1.89. The molecule has 0 aliphatic carbocycles. The van der Waals surface area contributed by atoms with Gasteiger partial charge in [0.1, 0.15) is 5.01 Å². The van der Waals surface area contributed by atoms with E-state index in [1.807, 2.05) is 6.92 Å². The average Bonchev–Trinajstić information content (AvgIpc) is 2.86. The van der Waals surface area contributed by atoms with E-state index in [1.165, 1.54) is 16.2 Å². The predicted octanol–water partition coefficient (Wildman–Crippen LogP) is -0.596. The molecular weight excluding hydrogens is 268 g/mol. The molecule has 0 radical (unpaired) electrons. The molecule has 0 aromatic carbocycles. The van der Waals surface area contributed by atoms with Crippen LogP contribution in [-0.2, 0) is 16.1 Å². The Morgan fingerprint density at radius 2 is 1.95 bits per heavy atom. The SMILES string of the molecule is CCCN1CCN(Cc2nnc(NN)s2)C(=O)C1=O. The highest BCUT2D eigenvalue weighted by atomic mass is 32.1. The van der Waals surface area contributed by atoms with E-state index in [1.54, 1.807) is 4.90 Å². The van der Waals surface area contributed by atoms with Gasteiger partial charge in [-0.25, -0.2) is 5.84 Å². The zero-order chi connectivity index (χ0) is 13.8. The lowest BCUT2D eigenvalue weighted by molar-refractivity contribution is -0.156. The second-order valence-corrected chi connectivity index (χ2v) is 5.23. The first-order valence-electron chi connectivity index (χ1n) is 6.03. The van der Waals surface area contributed by atoms with Crippen molar-refractivity contribution < 1.29 is 9.59 Å². The van der Waals surface area contributed by atoms with Crippen LogP contribution < -0.4 is 11.3 Å². The monoisotopic (exact) mass is 284 g/mol. The maximum absolute atomic E-state index is 11.9. The van der Waals surface area contributed by atoms with Crippen molar-refractivity contribution in [3.63, 3.8) is 0 Å². The van der Waals surface area contributed by atoms with Crippen molar-refractivity contribution in [2.75, 3.05) is 25.1 Å². The number of hydrogen-bond acceptors (Lipinski definition) is 7. The van der Waals surface area contributed by atoms with Crippen molar-refractivity contribution in [1.82, 2.24) is 20.0 Å². The van der Waals surface area contributed by atoms with Gasteiger partial charge < -0.3 is 9.80 Å². The van der Waals surface area contributed by atoms with Crippen molar-refractivity contribution >= 4 is 28.3 Å². The van der Waals surface area contributed by atoms with Gasteiger partial charge in [0, 0.05) is 19.6 Å². The van der Waals surface area contributed by atoms with E-state index in [0.717, 1.165) is 6.42 Å². The minimum Gasteiger partial charge on any atom is -0.333 e. The first-order valence-corrected chi connectivity index (χ1v) is 6.84. The van der Waals surface area contributed by atoms with E-state index in [0.29, 0.717) is 36.3 Å². The first kappa shape index (κ1) is 13.7. The van der Waals surface area contributed by atoms with E-state index >= 15 is 0 Å². The topological polar surface area (TPSA) is 104 Å². The Hall–Kier alpha value is -1.74. The van der Waals surface area contributed by atoms with Crippen molar-refractivity contribution in [2.45, 2.75) is 19.9 Å². The molecule has 1 aliphatic rings. The molecule has 1 fully saturated rings. The van der Waals surface area contributed by atoms with E-state index in [-0.39, 0.29) is 0 Å². The quantitative estimate of drug-likeness (QED) is 0.425. The molecule has 1 aliphatic heterocycles. The van der Waals surface area contributed by atoms with Gasteiger partial charge in [-0.05, 0) is 6.42 Å². The molecule has 1 aromatic rings. The van der Waals surface area contributed by atoms with Gasteiger partial charge in [0.2, 0.25) is 5.13 Å². The van der Waals surface area contributed by atoms with E-state index in [4.69, 9.17) is 5.84 Å². The number of hydrazine groups is 1. The number of nitrogen functional groups attached to an aromatic ring is 1. The largest absolute Gasteiger partial charge is 0.333 e. The number of carbonyl (C=O) groups excluding carboxylic acids is 2. The molecule has 9 heteroatoms. The summed E-state index contributed by atoms with van der Waals surface area (Å²) in [5.41, 5.74) is 2.39. The second-order valence-electron chi connectivity index (χ2n) is 4.16. The number of nitrogens with zero attached hydrogens (tertiary/aromatic N) is 4.